The molecule has 0 saturated heterocycles. The summed E-state index contributed by atoms with van der Waals surface area (Å²) in [5.74, 6) is 0.692. The van der Waals surface area contributed by atoms with Gasteiger partial charge in [-0.15, -0.1) is 0 Å². The van der Waals surface area contributed by atoms with E-state index in [1.165, 1.54) is 7.11 Å². The molecule has 0 unspecified atom stereocenters. The van der Waals surface area contributed by atoms with E-state index in [1.807, 2.05) is 0 Å². The first kappa shape index (κ1) is 9.59. The smallest absolute Gasteiger partial charge is 1.00 e. The Kier molecular flexibility index (Phi) is 4.23. The molecule has 52 valence electrons. The summed E-state index contributed by atoms with van der Waals surface area (Å²) < 4.78 is 4.79. The zero-order valence-electron chi connectivity index (χ0n) is 7.87. The molecule has 0 fully saturated rings. The minimum absolute atomic E-state index is 0. The van der Waals surface area contributed by atoms with Gasteiger partial charge in [0.25, 0.3) is 0 Å². The van der Waals surface area contributed by atoms with E-state index in [4.69, 9.17) is 9.84 Å². The van der Waals surface area contributed by atoms with Crippen molar-refractivity contribution in [2.75, 3.05) is 7.11 Å². The van der Waals surface area contributed by atoms with Crippen LogP contribution in [0.15, 0.2) is 24.3 Å². The Labute approximate surface area is 78.9 Å². The molecule has 0 bridgehead atoms. The van der Waals surface area contributed by atoms with Gasteiger partial charge in [0.15, 0.2) is 11.5 Å². The van der Waals surface area contributed by atoms with E-state index in [1.54, 1.807) is 24.3 Å². The largest absolute Gasteiger partial charge is 2.00 e. The zero-order chi connectivity index (χ0) is 6.69. The van der Waals surface area contributed by atoms with Gasteiger partial charge >= 0.3 is 23.1 Å². The van der Waals surface area contributed by atoms with Gasteiger partial charge in [-0.05, 0) is 12.1 Å². The van der Waals surface area contributed by atoms with E-state index < -0.39 is 0 Å². The third-order valence-corrected chi connectivity index (χ3v) is 1.09. The van der Waals surface area contributed by atoms with Crippen molar-refractivity contribution in [1.82, 2.24) is 0 Å². The number of benzene rings is 1. The van der Waals surface area contributed by atoms with E-state index >= 15 is 0 Å². The monoisotopic (exact) mass is 150 g/mol. The molecular formula is C7H10MgO2. The molecule has 1 N–H and O–H groups in total. The predicted octanol–water partition coefficient (Wildman–Crippen LogP) is 1.24. The van der Waals surface area contributed by atoms with Crippen molar-refractivity contribution in [3.05, 3.63) is 24.3 Å². The first-order valence-corrected chi connectivity index (χ1v) is 2.66. The number of rotatable bonds is 1. The van der Waals surface area contributed by atoms with Crippen molar-refractivity contribution < 1.29 is 12.7 Å². The summed E-state index contributed by atoms with van der Waals surface area (Å²) in [6.45, 7) is 0. The van der Waals surface area contributed by atoms with Gasteiger partial charge < -0.3 is 12.7 Å². The molecule has 0 aliphatic carbocycles. The molecule has 0 amide bonds. The second-order valence-corrected chi connectivity index (χ2v) is 1.67. The van der Waals surface area contributed by atoms with Crippen molar-refractivity contribution >= 4 is 23.1 Å². The fourth-order valence-corrected chi connectivity index (χ4v) is 0.630. The molecule has 0 heterocycles. The van der Waals surface area contributed by atoms with Gasteiger partial charge in [-0.3, -0.25) is 0 Å². The Morgan fingerprint density at radius 3 is 2.40 bits per heavy atom. The molecule has 0 aliphatic rings. The Balaban J connectivity index is -0.000000270. The number of phenolic OH excluding ortho intramolecular Hbond substituents is 1. The number of hydrogen-bond acceptors (Lipinski definition) is 2. The first-order chi connectivity index (χ1) is 4.34. The molecule has 3 heteroatoms. The molecule has 0 spiro atoms. The van der Waals surface area contributed by atoms with Crippen molar-refractivity contribution in [2.24, 2.45) is 0 Å². The molecule has 1 aromatic rings. The summed E-state index contributed by atoms with van der Waals surface area (Å²) in [6.07, 6.45) is 0. The van der Waals surface area contributed by atoms with Crippen molar-refractivity contribution in [2.45, 2.75) is 0 Å². The normalized spacial score (nSPS) is 8.10. The van der Waals surface area contributed by atoms with Crippen LogP contribution in [0.25, 0.3) is 0 Å². The maximum atomic E-state index is 8.99. The van der Waals surface area contributed by atoms with Crippen LogP contribution >= 0.6 is 0 Å². The maximum Gasteiger partial charge on any atom is 2.00 e. The summed E-state index contributed by atoms with van der Waals surface area (Å²) in [4.78, 5) is 0. The van der Waals surface area contributed by atoms with E-state index in [-0.39, 0.29) is 31.7 Å². The van der Waals surface area contributed by atoms with Crippen LogP contribution in [0.4, 0.5) is 0 Å². The zero-order valence-corrected chi connectivity index (χ0v) is 7.29. The Hall–Kier alpha value is -0.414. The van der Waals surface area contributed by atoms with E-state index in [2.05, 4.69) is 0 Å². The van der Waals surface area contributed by atoms with Crippen LogP contribution in [0.2, 0.25) is 0 Å². The number of aromatic hydroxyl groups is 1. The maximum absolute atomic E-state index is 8.99. The van der Waals surface area contributed by atoms with Crippen LogP contribution in [0.3, 0.4) is 0 Å². The number of hydrogen-bond donors (Lipinski definition) is 1. The molecule has 0 radical (unpaired) electrons. The van der Waals surface area contributed by atoms with Crippen LogP contribution in [0.5, 0.6) is 11.5 Å². The minimum Gasteiger partial charge on any atom is -1.00 e. The standard InChI is InChI=1S/C7H8O2.Mg.2H/c1-9-7-5-3-2-4-6(7)8;;;/h2-5,8H,1H3;;;/q;+2;2*-1. The quantitative estimate of drug-likeness (QED) is 0.611. The molecule has 0 atom stereocenters. The van der Waals surface area contributed by atoms with Gasteiger partial charge in [0, 0.05) is 0 Å². The molecular weight excluding hydrogens is 140 g/mol. The average molecular weight is 150 g/mol. The van der Waals surface area contributed by atoms with Gasteiger partial charge in [0.1, 0.15) is 0 Å². The van der Waals surface area contributed by atoms with Gasteiger partial charge in [-0.25, -0.2) is 0 Å². The van der Waals surface area contributed by atoms with Crippen LogP contribution in [0, 0.1) is 0 Å². The number of methoxy groups -OCH3 is 1. The van der Waals surface area contributed by atoms with Crippen molar-refractivity contribution in [1.29, 1.82) is 0 Å². The summed E-state index contributed by atoms with van der Waals surface area (Å²) in [5, 5.41) is 8.99. The van der Waals surface area contributed by atoms with Crippen LogP contribution in [-0.2, 0) is 0 Å². The van der Waals surface area contributed by atoms with Crippen LogP contribution < -0.4 is 4.74 Å². The second kappa shape index (κ2) is 4.41. The molecule has 2 nitrogen and oxygen atoms in total. The Bertz CT molecular complexity index is 208. The van der Waals surface area contributed by atoms with Gasteiger partial charge in [-0.2, -0.15) is 0 Å². The van der Waals surface area contributed by atoms with Crippen molar-refractivity contribution in [3.8, 4) is 11.5 Å². The van der Waals surface area contributed by atoms with E-state index in [0.717, 1.165) is 0 Å². The molecule has 0 aliphatic heterocycles. The fraction of sp³-hybridized carbons (Fsp3) is 0.143. The third kappa shape index (κ3) is 2.08. The second-order valence-electron chi connectivity index (χ2n) is 1.67. The predicted molar refractivity (Wildman–Crippen MR) is 42.6 cm³/mol. The van der Waals surface area contributed by atoms with Crippen LogP contribution in [-0.4, -0.2) is 35.3 Å². The fourth-order valence-electron chi connectivity index (χ4n) is 0.630. The van der Waals surface area contributed by atoms with Crippen molar-refractivity contribution in [3.63, 3.8) is 0 Å². The number of ether oxygens (including phenoxy) is 1. The molecule has 0 aromatic heterocycles. The molecule has 1 aromatic carbocycles. The number of phenols is 1. The molecule has 0 saturated carbocycles. The third-order valence-electron chi connectivity index (χ3n) is 1.09. The average Bonchev–Trinajstić information content (AvgIpc) is 1.89. The Morgan fingerprint density at radius 1 is 1.40 bits per heavy atom. The summed E-state index contributed by atoms with van der Waals surface area (Å²) >= 11 is 0. The summed E-state index contributed by atoms with van der Waals surface area (Å²) in [6, 6.07) is 6.84. The number of para-hydroxylation sites is 2. The van der Waals surface area contributed by atoms with E-state index in [0.29, 0.717) is 5.75 Å². The van der Waals surface area contributed by atoms with Gasteiger partial charge in [-0.1, -0.05) is 12.1 Å². The Morgan fingerprint density at radius 2 is 2.00 bits per heavy atom. The SMILES string of the molecule is COc1ccccc1O.[H-].[H-].[Mg+2]. The van der Waals surface area contributed by atoms with Crippen LogP contribution in [0.1, 0.15) is 2.85 Å². The first-order valence-electron chi connectivity index (χ1n) is 2.66. The van der Waals surface area contributed by atoms with Gasteiger partial charge in [0.2, 0.25) is 0 Å². The summed E-state index contributed by atoms with van der Waals surface area (Å²) in [7, 11) is 1.52. The summed E-state index contributed by atoms with van der Waals surface area (Å²) in [5.41, 5.74) is 0. The topological polar surface area (TPSA) is 29.5 Å². The molecule has 10 heavy (non-hydrogen) atoms. The minimum atomic E-state index is 0. The van der Waals surface area contributed by atoms with Gasteiger partial charge in [0.05, 0.1) is 7.11 Å². The van der Waals surface area contributed by atoms with E-state index in [9.17, 15) is 0 Å². The molecule has 1 rings (SSSR count).